The third-order valence-electron chi connectivity index (χ3n) is 5.47. The maximum Gasteiger partial charge on any atom is 0.407 e. The Labute approximate surface area is 191 Å². The molecule has 0 saturated carbocycles. The van der Waals surface area contributed by atoms with Crippen molar-refractivity contribution in [2.75, 3.05) is 13.2 Å². The van der Waals surface area contributed by atoms with E-state index in [1.807, 2.05) is 24.3 Å². The summed E-state index contributed by atoms with van der Waals surface area (Å²) in [6, 6.07) is 20.3. The Morgan fingerprint density at radius 3 is 2.33 bits per heavy atom. The van der Waals surface area contributed by atoms with Gasteiger partial charge in [-0.15, -0.1) is 0 Å². The van der Waals surface area contributed by atoms with Gasteiger partial charge in [0.05, 0.1) is 12.0 Å². The molecule has 1 amide bonds. The number of carbonyl (C=O) groups excluding carboxylic acids is 1. The molecule has 0 saturated heterocycles. The van der Waals surface area contributed by atoms with Gasteiger partial charge in [0.2, 0.25) is 0 Å². The van der Waals surface area contributed by atoms with Crippen LogP contribution in [0.15, 0.2) is 66.7 Å². The fraction of sp³-hybridized carbons (Fsp3) is 0.185. The average Bonchev–Trinajstić information content (AvgIpc) is 3.13. The molecule has 0 heterocycles. The number of aliphatic carboxylic acids is 1. The molecule has 0 aliphatic heterocycles. The van der Waals surface area contributed by atoms with Crippen LogP contribution < -0.4 is 5.32 Å². The van der Waals surface area contributed by atoms with E-state index in [-0.39, 0.29) is 31.1 Å². The first-order valence-corrected chi connectivity index (χ1v) is 10.6. The SMILES string of the molecule is O=C(O)Cc1ccc(F)c(C#CCCNC(=O)OCC2c3ccccc3-c3ccccc32)c1. The third kappa shape index (κ3) is 5.21. The van der Waals surface area contributed by atoms with Crippen LogP contribution >= 0.6 is 0 Å². The van der Waals surface area contributed by atoms with Crippen LogP contribution in [0.2, 0.25) is 0 Å². The van der Waals surface area contributed by atoms with Gasteiger partial charge in [-0.1, -0.05) is 66.4 Å². The van der Waals surface area contributed by atoms with Crippen LogP contribution in [0, 0.1) is 17.7 Å². The number of carboxylic acids is 1. The van der Waals surface area contributed by atoms with Crippen molar-refractivity contribution >= 4 is 12.1 Å². The lowest BCUT2D eigenvalue weighted by molar-refractivity contribution is -0.136. The summed E-state index contributed by atoms with van der Waals surface area (Å²) in [7, 11) is 0. The number of hydrogen-bond acceptors (Lipinski definition) is 3. The zero-order valence-corrected chi connectivity index (χ0v) is 17.8. The molecule has 3 aromatic carbocycles. The van der Waals surface area contributed by atoms with Crippen molar-refractivity contribution in [3.8, 4) is 23.0 Å². The van der Waals surface area contributed by atoms with Gasteiger partial charge in [-0.2, -0.15) is 0 Å². The topological polar surface area (TPSA) is 75.6 Å². The molecule has 6 heteroatoms. The van der Waals surface area contributed by atoms with Crippen LogP contribution in [0.3, 0.4) is 0 Å². The summed E-state index contributed by atoms with van der Waals surface area (Å²) in [6.07, 6.45) is -0.432. The highest BCUT2D eigenvalue weighted by molar-refractivity contribution is 5.79. The number of fused-ring (bicyclic) bond motifs is 3. The summed E-state index contributed by atoms with van der Waals surface area (Å²) in [5, 5.41) is 11.5. The average molecular weight is 443 g/mol. The number of carboxylic acid groups (broad SMARTS) is 1. The molecule has 0 fully saturated rings. The van der Waals surface area contributed by atoms with Crippen molar-refractivity contribution in [3.05, 3.63) is 94.8 Å². The molecule has 0 spiro atoms. The minimum Gasteiger partial charge on any atom is -0.481 e. The maximum absolute atomic E-state index is 13.9. The zero-order chi connectivity index (χ0) is 23.2. The van der Waals surface area contributed by atoms with E-state index in [9.17, 15) is 14.0 Å². The number of nitrogens with one attached hydrogen (secondary N) is 1. The first-order valence-electron chi connectivity index (χ1n) is 10.6. The maximum atomic E-state index is 13.9. The minimum atomic E-state index is -0.993. The number of hydrogen-bond donors (Lipinski definition) is 2. The van der Waals surface area contributed by atoms with Gasteiger partial charge in [-0.25, -0.2) is 9.18 Å². The molecule has 166 valence electrons. The van der Waals surface area contributed by atoms with Crippen LogP contribution in [0.25, 0.3) is 11.1 Å². The zero-order valence-electron chi connectivity index (χ0n) is 17.8. The molecular weight excluding hydrogens is 421 g/mol. The molecule has 0 unspecified atom stereocenters. The number of alkyl carbamates (subject to hydrolysis) is 1. The highest BCUT2D eigenvalue weighted by Crippen LogP contribution is 2.44. The van der Waals surface area contributed by atoms with Crippen molar-refractivity contribution in [2.45, 2.75) is 18.8 Å². The molecule has 0 aromatic heterocycles. The molecule has 3 aromatic rings. The molecule has 0 bridgehead atoms. The van der Waals surface area contributed by atoms with Gasteiger partial charge in [0.1, 0.15) is 12.4 Å². The van der Waals surface area contributed by atoms with Crippen LogP contribution in [0.1, 0.15) is 34.6 Å². The van der Waals surface area contributed by atoms with E-state index in [1.165, 1.54) is 18.2 Å². The lowest BCUT2D eigenvalue weighted by Crippen LogP contribution is -2.26. The molecule has 4 rings (SSSR count). The van der Waals surface area contributed by atoms with Crippen molar-refractivity contribution in [2.24, 2.45) is 0 Å². The Morgan fingerprint density at radius 1 is 1.00 bits per heavy atom. The number of rotatable bonds is 6. The Morgan fingerprint density at radius 2 is 1.67 bits per heavy atom. The quantitative estimate of drug-likeness (QED) is 0.427. The molecular formula is C27H22FNO4. The van der Waals surface area contributed by atoms with Crippen molar-refractivity contribution in [1.29, 1.82) is 0 Å². The van der Waals surface area contributed by atoms with Crippen LogP contribution in [-0.4, -0.2) is 30.3 Å². The smallest absolute Gasteiger partial charge is 0.407 e. The van der Waals surface area contributed by atoms with Crippen molar-refractivity contribution < 1.29 is 23.8 Å². The van der Waals surface area contributed by atoms with E-state index in [1.54, 1.807) is 0 Å². The predicted molar refractivity (Wildman–Crippen MR) is 122 cm³/mol. The normalized spacial score (nSPS) is 11.7. The number of benzene rings is 3. The van der Waals surface area contributed by atoms with Gasteiger partial charge in [-0.3, -0.25) is 4.79 Å². The first kappa shape index (κ1) is 22.1. The lowest BCUT2D eigenvalue weighted by atomic mass is 9.98. The fourth-order valence-corrected chi connectivity index (χ4v) is 3.99. The van der Waals surface area contributed by atoms with Gasteiger partial charge in [0.15, 0.2) is 0 Å². The number of carbonyl (C=O) groups is 2. The van der Waals surface area contributed by atoms with Gasteiger partial charge < -0.3 is 15.2 Å². The molecule has 0 radical (unpaired) electrons. The van der Waals surface area contributed by atoms with E-state index in [0.717, 1.165) is 22.3 Å². The van der Waals surface area contributed by atoms with E-state index < -0.39 is 17.9 Å². The Balaban J connectivity index is 1.28. The summed E-state index contributed by atoms with van der Waals surface area (Å²) in [5.74, 6) is 3.97. The molecule has 1 aliphatic carbocycles. The number of amides is 1. The van der Waals surface area contributed by atoms with Crippen LogP contribution in [0.4, 0.5) is 9.18 Å². The second-order valence-corrected chi connectivity index (χ2v) is 7.69. The van der Waals surface area contributed by atoms with Gasteiger partial charge >= 0.3 is 12.1 Å². The van der Waals surface area contributed by atoms with Gasteiger partial charge in [0, 0.05) is 18.9 Å². The Kier molecular flexibility index (Phi) is 6.70. The number of halogens is 1. The fourth-order valence-electron chi connectivity index (χ4n) is 3.99. The highest BCUT2D eigenvalue weighted by atomic mass is 19.1. The second-order valence-electron chi connectivity index (χ2n) is 7.69. The lowest BCUT2D eigenvalue weighted by Gasteiger charge is -2.14. The van der Waals surface area contributed by atoms with Crippen molar-refractivity contribution in [1.82, 2.24) is 5.32 Å². The summed E-state index contributed by atoms with van der Waals surface area (Å²) in [6.45, 7) is 0.479. The van der Waals surface area contributed by atoms with E-state index in [4.69, 9.17) is 9.84 Å². The molecule has 1 aliphatic rings. The van der Waals surface area contributed by atoms with E-state index in [2.05, 4.69) is 41.4 Å². The third-order valence-corrected chi connectivity index (χ3v) is 5.47. The monoisotopic (exact) mass is 443 g/mol. The summed E-state index contributed by atoms with van der Waals surface area (Å²) >= 11 is 0. The molecule has 5 nitrogen and oxygen atoms in total. The Hall–Kier alpha value is -4.11. The molecule has 33 heavy (non-hydrogen) atoms. The van der Waals surface area contributed by atoms with E-state index in [0.29, 0.717) is 12.0 Å². The van der Waals surface area contributed by atoms with Gasteiger partial charge in [-0.05, 0) is 39.9 Å². The Bertz CT molecular complexity index is 1210. The summed E-state index contributed by atoms with van der Waals surface area (Å²) in [4.78, 5) is 23.0. The predicted octanol–water partition coefficient (Wildman–Crippen LogP) is 4.73. The largest absolute Gasteiger partial charge is 0.481 e. The van der Waals surface area contributed by atoms with Crippen LogP contribution in [-0.2, 0) is 16.0 Å². The first-order chi connectivity index (χ1) is 16.0. The summed E-state index contributed by atoms with van der Waals surface area (Å²) in [5.41, 5.74) is 5.22. The van der Waals surface area contributed by atoms with Crippen molar-refractivity contribution in [3.63, 3.8) is 0 Å². The highest BCUT2D eigenvalue weighted by Gasteiger charge is 2.28. The van der Waals surface area contributed by atoms with Crippen LogP contribution in [0.5, 0.6) is 0 Å². The second kappa shape index (κ2) is 10.0. The van der Waals surface area contributed by atoms with E-state index >= 15 is 0 Å². The molecule has 2 N–H and O–H groups in total. The van der Waals surface area contributed by atoms with Gasteiger partial charge in [0.25, 0.3) is 0 Å². The summed E-state index contributed by atoms with van der Waals surface area (Å²) < 4.78 is 19.3. The minimum absolute atomic E-state index is 0.0102. The number of ether oxygens (including phenoxy) is 1. The standard InChI is InChI=1S/C27H22FNO4/c28-25-13-12-18(16-26(30)31)15-19(25)7-5-6-14-29-27(32)33-17-24-22-10-3-1-8-20(22)21-9-2-4-11-23(21)24/h1-4,8-13,15,24H,6,14,16-17H2,(H,29,32)(H,30,31). The molecule has 0 atom stereocenters.